The molecule has 1 aromatic carbocycles. The molecule has 1 fully saturated rings. The van der Waals surface area contributed by atoms with E-state index in [1.807, 2.05) is 12.1 Å². The molecule has 26 heavy (non-hydrogen) atoms. The molecule has 0 radical (unpaired) electrons. The lowest BCUT2D eigenvalue weighted by molar-refractivity contribution is -0.135. The first kappa shape index (κ1) is 18.1. The lowest BCUT2D eigenvalue weighted by atomic mass is 9.82. The Hall–Kier alpha value is -1.31. The zero-order valence-corrected chi connectivity index (χ0v) is 18.2. The summed E-state index contributed by atoms with van der Waals surface area (Å²) in [7, 11) is -2.07. The summed E-state index contributed by atoms with van der Waals surface area (Å²) in [6.07, 6.45) is -0.233. The fourth-order valence-electron chi connectivity index (χ4n) is 3.35. The fraction of sp³-hybridized carbons (Fsp3) is 0.526. The molecule has 2 aliphatic heterocycles. The molecule has 1 aliphatic carbocycles. The normalized spacial score (nSPS) is 24.5. The van der Waals surface area contributed by atoms with Crippen LogP contribution < -0.4 is 9.47 Å². The first-order valence-corrected chi connectivity index (χ1v) is 12.5. The quantitative estimate of drug-likeness (QED) is 0.491. The number of ether oxygens (including phenoxy) is 3. The van der Waals surface area contributed by atoms with E-state index in [1.54, 1.807) is 0 Å². The third-order valence-corrected chi connectivity index (χ3v) is 11.2. The van der Waals surface area contributed by atoms with Crippen molar-refractivity contribution < 1.29 is 23.4 Å². The van der Waals surface area contributed by atoms with E-state index in [4.69, 9.17) is 18.6 Å². The van der Waals surface area contributed by atoms with Gasteiger partial charge in [-0.3, -0.25) is 0 Å². The zero-order valence-electron chi connectivity index (χ0n) is 15.6. The van der Waals surface area contributed by atoms with Crippen molar-refractivity contribution in [1.82, 2.24) is 0 Å². The van der Waals surface area contributed by atoms with Crippen molar-refractivity contribution in [2.45, 2.75) is 45.0 Å². The van der Waals surface area contributed by atoms with Crippen LogP contribution in [0.15, 0.2) is 17.7 Å². The summed E-state index contributed by atoms with van der Waals surface area (Å²) < 4.78 is 24.1. The van der Waals surface area contributed by atoms with E-state index in [1.165, 1.54) is 0 Å². The van der Waals surface area contributed by atoms with Gasteiger partial charge in [-0.15, -0.1) is 0 Å². The van der Waals surface area contributed by atoms with E-state index in [2.05, 4.69) is 49.8 Å². The lowest BCUT2D eigenvalue weighted by Gasteiger charge is -2.42. The van der Waals surface area contributed by atoms with Gasteiger partial charge in [0.15, 0.2) is 19.8 Å². The molecular weight excluding hydrogens is 416 g/mol. The van der Waals surface area contributed by atoms with Crippen molar-refractivity contribution in [3.05, 3.63) is 28.8 Å². The maximum atomic E-state index is 12.4. The Bertz CT molecular complexity index is 824. The second kappa shape index (κ2) is 5.84. The van der Waals surface area contributed by atoms with Crippen molar-refractivity contribution in [3.8, 4) is 11.5 Å². The summed E-state index contributed by atoms with van der Waals surface area (Å²) in [5.74, 6) is 1.03. The Balaban J connectivity index is 1.86. The van der Waals surface area contributed by atoms with Crippen LogP contribution in [0.5, 0.6) is 11.5 Å². The molecule has 2 atom stereocenters. The molecule has 5 nitrogen and oxygen atoms in total. The van der Waals surface area contributed by atoms with Gasteiger partial charge in [0.05, 0.1) is 17.6 Å². The molecular formula is C19H23BrO5Si. The predicted octanol–water partition coefficient (Wildman–Crippen LogP) is 4.77. The van der Waals surface area contributed by atoms with Crippen LogP contribution in [-0.2, 0) is 14.0 Å². The number of cyclic esters (lactones) is 1. The highest BCUT2D eigenvalue weighted by molar-refractivity contribution is 9.15. The molecule has 0 spiro atoms. The fourth-order valence-corrected chi connectivity index (χ4v) is 5.43. The Labute approximate surface area is 162 Å². The third-order valence-electron chi connectivity index (χ3n) is 5.90. The van der Waals surface area contributed by atoms with Gasteiger partial charge in [-0.2, -0.15) is 0 Å². The predicted molar refractivity (Wildman–Crippen MR) is 104 cm³/mol. The van der Waals surface area contributed by atoms with Crippen LogP contribution in [0.1, 0.15) is 38.0 Å². The highest BCUT2D eigenvalue weighted by Gasteiger charge is 2.49. The molecule has 0 bridgehead atoms. The number of rotatable bonds is 2. The molecule has 2 heterocycles. The average molecular weight is 439 g/mol. The smallest absolute Gasteiger partial charge is 0.335 e. The Kier molecular flexibility index (Phi) is 4.06. The van der Waals surface area contributed by atoms with Crippen LogP contribution in [0.2, 0.25) is 18.1 Å². The van der Waals surface area contributed by atoms with E-state index >= 15 is 0 Å². The highest BCUT2D eigenvalue weighted by Crippen LogP contribution is 2.53. The highest BCUT2D eigenvalue weighted by atomic mass is 79.9. The lowest BCUT2D eigenvalue weighted by Crippen LogP contribution is -2.44. The van der Waals surface area contributed by atoms with Crippen LogP contribution in [-0.4, -0.2) is 27.7 Å². The molecule has 1 saturated heterocycles. The van der Waals surface area contributed by atoms with E-state index in [-0.39, 0.29) is 29.8 Å². The molecule has 1 aromatic rings. The number of carbonyl (C=O) groups is 1. The molecule has 3 aliphatic rings. The summed E-state index contributed by atoms with van der Waals surface area (Å²) in [5.41, 5.74) is 2.61. The minimum absolute atomic E-state index is 0.0610. The number of carbonyl (C=O) groups excluding carboxylic acids is 1. The number of benzene rings is 1. The molecule has 0 unspecified atom stereocenters. The molecule has 0 aromatic heterocycles. The van der Waals surface area contributed by atoms with Crippen molar-refractivity contribution in [2.24, 2.45) is 5.92 Å². The van der Waals surface area contributed by atoms with Gasteiger partial charge in [-0.05, 0) is 57.3 Å². The van der Waals surface area contributed by atoms with Gasteiger partial charge in [0, 0.05) is 4.48 Å². The molecule has 7 heteroatoms. The average Bonchev–Trinajstić information content (AvgIpc) is 3.15. The number of halogens is 1. The van der Waals surface area contributed by atoms with Crippen LogP contribution in [0.25, 0.3) is 4.48 Å². The van der Waals surface area contributed by atoms with Gasteiger partial charge in [-0.1, -0.05) is 20.8 Å². The summed E-state index contributed by atoms with van der Waals surface area (Å²) in [6.45, 7) is 11.7. The summed E-state index contributed by atoms with van der Waals surface area (Å²) in [6, 6.07) is 3.93. The molecule has 140 valence electrons. The van der Waals surface area contributed by atoms with E-state index in [0.717, 1.165) is 21.4 Å². The topological polar surface area (TPSA) is 54.0 Å². The van der Waals surface area contributed by atoms with Gasteiger partial charge < -0.3 is 18.6 Å². The van der Waals surface area contributed by atoms with E-state index in [9.17, 15) is 4.79 Å². The van der Waals surface area contributed by atoms with Gasteiger partial charge in [0.1, 0.15) is 6.61 Å². The second-order valence-electron chi connectivity index (χ2n) is 8.52. The molecule has 0 amide bonds. The van der Waals surface area contributed by atoms with Crippen LogP contribution in [0, 0.1) is 5.92 Å². The summed E-state index contributed by atoms with van der Waals surface area (Å²) >= 11 is 3.63. The van der Waals surface area contributed by atoms with E-state index < -0.39 is 8.32 Å². The van der Waals surface area contributed by atoms with Crippen molar-refractivity contribution in [1.29, 1.82) is 0 Å². The number of esters is 1. The van der Waals surface area contributed by atoms with Gasteiger partial charge in [0.2, 0.25) is 6.79 Å². The minimum Gasteiger partial charge on any atom is -0.462 e. The number of hydrogen-bond donors (Lipinski definition) is 0. The molecule has 4 rings (SSSR count). The Morgan fingerprint density at radius 1 is 1.15 bits per heavy atom. The SMILES string of the molecule is CC(C)(C)[Si](C)(C)O[C@@H]1c2cc3c(cc2C(Br)=C2C(=O)OC[C@@H]21)OCO3. The third kappa shape index (κ3) is 2.63. The van der Waals surface area contributed by atoms with E-state index in [0.29, 0.717) is 17.9 Å². The largest absolute Gasteiger partial charge is 0.462 e. The monoisotopic (exact) mass is 438 g/mol. The molecule has 0 N–H and O–H groups in total. The standard InChI is InChI=1S/C19H23BrO5Si/c1-19(2,3)26(4,5)25-17-11-7-14-13(23-9-24-14)6-10(11)16(20)15-12(17)8-22-18(15)21/h6-7,12,17H,8-9H2,1-5H3/t12-,17+/m0/s1. The van der Waals surface area contributed by atoms with Crippen molar-refractivity contribution >= 4 is 34.7 Å². The van der Waals surface area contributed by atoms with Crippen molar-refractivity contribution in [3.63, 3.8) is 0 Å². The van der Waals surface area contributed by atoms with Crippen LogP contribution >= 0.6 is 15.9 Å². The Morgan fingerprint density at radius 2 is 1.81 bits per heavy atom. The Morgan fingerprint density at radius 3 is 2.46 bits per heavy atom. The maximum absolute atomic E-state index is 12.4. The molecule has 0 saturated carbocycles. The zero-order chi connectivity index (χ0) is 18.9. The first-order valence-electron chi connectivity index (χ1n) is 8.78. The van der Waals surface area contributed by atoms with Crippen LogP contribution in [0.4, 0.5) is 0 Å². The number of fused-ring (bicyclic) bond motifs is 3. The van der Waals surface area contributed by atoms with Gasteiger partial charge in [0.25, 0.3) is 0 Å². The van der Waals surface area contributed by atoms with Gasteiger partial charge >= 0.3 is 5.97 Å². The summed E-state index contributed by atoms with van der Waals surface area (Å²) in [5, 5.41) is 0.0610. The second-order valence-corrected chi connectivity index (χ2v) is 14.1. The maximum Gasteiger partial charge on any atom is 0.335 e. The van der Waals surface area contributed by atoms with Gasteiger partial charge in [-0.25, -0.2) is 4.79 Å². The number of hydrogen-bond acceptors (Lipinski definition) is 5. The summed E-state index contributed by atoms with van der Waals surface area (Å²) in [4.78, 5) is 12.4. The minimum atomic E-state index is -2.07. The van der Waals surface area contributed by atoms with Crippen molar-refractivity contribution in [2.75, 3.05) is 13.4 Å². The first-order chi connectivity index (χ1) is 12.1. The van der Waals surface area contributed by atoms with Crippen LogP contribution in [0.3, 0.4) is 0 Å².